The zero-order valence-corrected chi connectivity index (χ0v) is 12.6. The molecule has 0 unspecified atom stereocenters. The molecule has 0 radical (unpaired) electrons. The van der Waals surface area contributed by atoms with Crippen molar-refractivity contribution < 1.29 is 4.79 Å². The van der Waals surface area contributed by atoms with E-state index in [0.717, 1.165) is 23.7 Å². The van der Waals surface area contributed by atoms with Crippen LogP contribution in [-0.4, -0.2) is 16.4 Å². The smallest absolute Gasteiger partial charge is 0.251 e. The van der Waals surface area contributed by atoms with Gasteiger partial charge >= 0.3 is 0 Å². The molecule has 0 spiro atoms. The molecule has 0 fully saturated rings. The molecule has 108 valence electrons. The van der Waals surface area contributed by atoms with Gasteiger partial charge in [-0.2, -0.15) is 0 Å². The van der Waals surface area contributed by atoms with Crippen LogP contribution in [0, 0.1) is 0 Å². The Balaban J connectivity index is 1.71. The van der Waals surface area contributed by atoms with Gasteiger partial charge in [-0.25, -0.2) is 4.98 Å². The van der Waals surface area contributed by atoms with Crippen LogP contribution in [0.15, 0.2) is 48.0 Å². The number of thiazole rings is 1. The summed E-state index contributed by atoms with van der Waals surface area (Å²) in [5.41, 5.74) is 1.37. The third-order valence-corrected chi connectivity index (χ3v) is 4.22. The van der Waals surface area contributed by atoms with Gasteiger partial charge in [-0.3, -0.25) is 4.79 Å². The first-order valence-electron chi connectivity index (χ1n) is 6.89. The van der Waals surface area contributed by atoms with Crippen molar-refractivity contribution in [3.05, 3.63) is 53.6 Å². The van der Waals surface area contributed by atoms with E-state index in [0.29, 0.717) is 5.56 Å². The lowest BCUT2D eigenvalue weighted by Gasteiger charge is -2.25. The highest BCUT2D eigenvalue weighted by molar-refractivity contribution is 7.13. The van der Waals surface area contributed by atoms with E-state index in [1.807, 2.05) is 29.6 Å². The van der Waals surface area contributed by atoms with Crippen molar-refractivity contribution >= 4 is 28.1 Å². The van der Waals surface area contributed by atoms with Crippen molar-refractivity contribution in [1.29, 1.82) is 0 Å². The lowest BCUT2D eigenvalue weighted by Crippen LogP contribution is -2.43. The summed E-state index contributed by atoms with van der Waals surface area (Å²) in [7, 11) is 0. The normalized spacial score (nSPS) is 15.9. The van der Waals surface area contributed by atoms with E-state index >= 15 is 0 Å². The van der Waals surface area contributed by atoms with Crippen molar-refractivity contribution in [2.75, 3.05) is 5.32 Å². The van der Waals surface area contributed by atoms with Crippen LogP contribution in [0.25, 0.3) is 0 Å². The number of amides is 1. The highest BCUT2D eigenvalue weighted by Gasteiger charge is 2.27. The second kappa shape index (κ2) is 5.69. The molecule has 5 heteroatoms. The Morgan fingerprint density at radius 3 is 2.86 bits per heavy atom. The number of aromatic nitrogens is 1. The maximum atomic E-state index is 12.4. The van der Waals surface area contributed by atoms with Gasteiger partial charge in [0, 0.05) is 28.4 Å². The number of anilines is 2. The third-order valence-electron chi connectivity index (χ3n) is 3.53. The summed E-state index contributed by atoms with van der Waals surface area (Å²) in [6, 6.07) is 7.48. The standard InChI is InChI=1S/C16H17N3OS/c1-16(7-2-3-8-16)19-14(20)12-5-4-6-13(11-12)18-15-17-9-10-21-15/h2-6,9-11H,7-8H2,1H3,(H,17,18)(H,19,20). The maximum Gasteiger partial charge on any atom is 0.251 e. The molecular formula is C16H17N3OS. The molecule has 4 nitrogen and oxygen atoms in total. The Morgan fingerprint density at radius 2 is 2.14 bits per heavy atom. The van der Waals surface area contributed by atoms with E-state index in [-0.39, 0.29) is 11.4 Å². The average Bonchev–Trinajstić information content (AvgIpc) is 3.11. The number of benzene rings is 1. The number of carbonyl (C=O) groups is 1. The molecule has 1 amide bonds. The predicted molar refractivity (Wildman–Crippen MR) is 86.1 cm³/mol. The molecule has 1 aliphatic carbocycles. The molecule has 0 saturated carbocycles. The van der Waals surface area contributed by atoms with E-state index in [2.05, 4.69) is 34.7 Å². The second-order valence-electron chi connectivity index (χ2n) is 5.44. The lowest BCUT2D eigenvalue weighted by atomic mass is 9.99. The van der Waals surface area contributed by atoms with Gasteiger partial charge in [0.15, 0.2) is 5.13 Å². The van der Waals surface area contributed by atoms with Gasteiger partial charge in [0.25, 0.3) is 5.91 Å². The number of hydrogen-bond donors (Lipinski definition) is 2. The molecule has 1 heterocycles. The Labute approximate surface area is 127 Å². The van der Waals surface area contributed by atoms with Crippen LogP contribution >= 0.6 is 11.3 Å². The molecule has 1 aromatic carbocycles. The van der Waals surface area contributed by atoms with Crippen LogP contribution in [0.1, 0.15) is 30.1 Å². The summed E-state index contributed by atoms with van der Waals surface area (Å²) >= 11 is 1.53. The van der Waals surface area contributed by atoms with Crippen LogP contribution in [0.2, 0.25) is 0 Å². The highest BCUT2D eigenvalue weighted by atomic mass is 32.1. The van der Waals surface area contributed by atoms with E-state index in [1.54, 1.807) is 6.20 Å². The van der Waals surface area contributed by atoms with E-state index in [4.69, 9.17) is 0 Å². The number of carbonyl (C=O) groups excluding carboxylic acids is 1. The summed E-state index contributed by atoms with van der Waals surface area (Å²) < 4.78 is 0. The number of hydrogen-bond acceptors (Lipinski definition) is 4. The zero-order chi connectivity index (χ0) is 14.7. The molecule has 1 aromatic heterocycles. The van der Waals surface area contributed by atoms with Crippen molar-refractivity contribution in [3.63, 3.8) is 0 Å². The molecule has 0 saturated heterocycles. The fraction of sp³-hybridized carbons (Fsp3) is 0.250. The third kappa shape index (κ3) is 3.31. The van der Waals surface area contributed by atoms with Gasteiger partial charge in [0.1, 0.15) is 0 Å². The quantitative estimate of drug-likeness (QED) is 0.846. The van der Waals surface area contributed by atoms with Crippen LogP contribution in [0.4, 0.5) is 10.8 Å². The van der Waals surface area contributed by atoms with E-state index < -0.39 is 0 Å². The minimum atomic E-state index is -0.157. The average molecular weight is 299 g/mol. The molecule has 0 bridgehead atoms. The number of nitrogens with one attached hydrogen (secondary N) is 2. The number of rotatable bonds is 4. The summed E-state index contributed by atoms with van der Waals surface area (Å²) in [4.78, 5) is 16.6. The first kappa shape index (κ1) is 13.8. The fourth-order valence-electron chi connectivity index (χ4n) is 2.37. The van der Waals surface area contributed by atoms with Gasteiger partial charge in [-0.15, -0.1) is 11.3 Å². The van der Waals surface area contributed by atoms with E-state index in [1.165, 1.54) is 11.3 Å². The van der Waals surface area contributed by atoms with Crippen molar-refractivity contribution in [2.24, 2.45) is 0 Å². The monoisotopic (exact) mass is 299 g/mol. The molecule has 21 heavy (non-hydrogen) atoms. The molecular weight excluding hydrogens is 282 g/mol. The maximum absolute atomic E-state index is 12.4. The topological polar surface area (TPSA) is 54.0 Å². The summed E-state index contributed by atoms with van der Waals surface area (Å²) in [5.74, 6) is -0.0380. The first-order valence-corrected chi connectivity index (χ1v) is 7.77. The van der Waals surface area contributed by atoms with Crippen molar-refractivity contribution in [2.45, 2.75) is 25.3 Å². The Hall–Kier alpha value is -2.14. The Bertz CT molecular complexity index is 656. The highest BCUT2D eigenvalue weighted by Crippen LogP contribution is 2.24. The fourth-order valence-corrected chi connectivity index (χ4v) is 2.91. The molecule has 2 aromatic rings. The van der Waals surface area contributed by atoms with Crippen LogP contribution in [0.3, 0.4) is 0 Å². The van der Waals surface area contributed by atoms with Crippen LogP contribution in [-0.2, 0) is 0 Å². The summed E-state index contributed by atoms with van der Waals surface area (Å²) in [6.07, 6.45) is 7.74. The largest absolute Gasteiger partial charge is 0.346 e. The minimum Gasteiger partial charge on any atom is -0.346 e. The van der Waals surface area contributed by atoms with Crippen molar-refractivity contribution in [3.8, 4) is 0 Å². The van der Waals surface area contributed by atoms with Gasteiger partial charge in [0.05, 0.1) is 0 Å². The van der Waals surface area contributed by atoms with E-state index in [9.17, 15) is 4.79 Å². The second-order valence-corrected chi connectivity index (χ2v) is 6.33. The molecule has 2 N–H and O–H groups in total. The van der Waals surface area contributed by atoms with Gasteiger partial charge in [-0.1, -0.05) is 18.2 Å². The molecule has 0 aliphatic heterocycles. The lowest BCUT2D eigenvalue weighted by molar-refractivity contribution is 0.0910. The predicted octanol–water partition coefficient (Wildman–Crippen LogP) is 3.73. The Kier molecular flexibility index (Phi) is 3.75. The molecule has 0 atom stereocenters. The van der Waals surface area contributed by atoms with Crippen LogP contribution in [0.5, 0.6) is 0 Å². The van der Waals surface area contributed by atoms with Gasteiger partial charge < -0.3 is 10.6 Å². The SMILES string of the molecule is CC1(NC(=O)c2cccc(Nc3nccs3)c2)CC=CC1. The van der Waals surface area contributed by atoms with Gasteiger partial charge in [0.2, 0.25) is 0 Å². The van der Waals surface area contributed by atoms with Gasteiger partial charge in [-0.05, 0) is 38.0 Å². The summed E-state index contributed by atoms with van der Waals surface area (Å²) in [6.45, 7) is 2.07. The molecule has 1 aliphatic rings. The molecule has 3 rings (SSSR count). The Morgan fingerprint density at radius 1 is 1.33 bits per heavy atom. The van der Waals surface area contributed by atoms with Crippen molar-refractivity contribution in [1.82, 2.24) is 10.3 Å². The zero-order valence-electron chi connectivity index (χ0n) is 11.8. The summed E-state index contributed by atoms with van der Waals surface area (Å²) in [5, 5.41) is 9.04. The van der Waals surface area contributed by atoms with Crippen LogP contribution < -0.4 is 10.6 Å². The number of nitrogens with zero attached hydrogens (tertiary/aromatic N) is 1. The minimum absolute atomic E-state index is 0.0380. The first-order chi connectivity index (χ1) is 10.1.